The minimum absolute atomic E-state index is 0.485. The van der Waals surface area contributed by atoms with Gasteiger partial charge in [0.05, 0.1) is 12.2 Å². The highest BCUT2D eigenvalue weighted by Gasteiger charge is 2.17. The normalized spacial score (nSPS) is 12.6. The van der Waals surface area contributed by atoms with Crippen LogP contribution in [0, 0.1) is 0 Å². The summed E-state index contributed by atoms with van der Waals surface area (Å²) in [6.45, 7) is 5.91. The van der Waals surface area contributed by atoms with E-state index in [2.05, 4.69) is 43.3 Å². The maximum atomic E-state index is 5.85. The summed E-state index contributed by atoms with van der Waals surface area (Å²) >= 11 is 3.51. The zero-order chi connectivity index (χ0) is 13.8. The molecule has 2 heterocycles. The third-order valence-electron chi connectivity index (χ3n) is 3.28. The van der Waals surface area contributed by atoms with Gasteiger partial charge in [0.2, 0.25) is 0 Å². The summed E-state index contributed by atoms with van der Waals surface area (Å²) in [4.78, 5) is 9.59. The van der Waals surface area contributed by atoms with E-state index in [4.69, 9.17) is 10.7 Å². The van der Waals surface area contributed by atoms with Crippen molar-refractivity contribution in [1.82, 2.24) is 4.98 Å². The topological polar surface area (TPSA) is 42.2 Å². The van der Waals surface area contributed by atoms with Gasteiger partial charge in [0.1, 0.15) is 0 Å². The highest BCUT2D eigenvalue weighted by molar-refractivity contribution is 7.15. The second-order valence-electron chi connectivity index (χ2n) is 4.75. The first kappa shape index (κ1) is 14.5. The van der Waals surface area contributed by atoms with Crippen LogP contribution in [0.1, 0.15) is 41.6 Å². The maximum absolute atomic E-state index is 5.85. The molecule has 0 aromatic carbocycles. The number of hydrogen-bond donors (Lipinski definition) is 1. The van der Waals surface area contributed by atoms with Crippen molar-refractivity contribution >= 4 is 27.8 Å². The quantitative estimate of drug-likeness (QED) is 0.881. The highest BCUT2D eigenvalue weighted by Crippen LogP contribution is 2.32. The van der Waals surface area contributed by atoms with Gasteiger partial charge in [0, 0.05) is 23.3 Å². The van der Waals surface area contributed by atoms with Crippen LogP contribution in [0.2, 0.25) is 0 Å². The summed E-state index contributed by atoms with van der Waals surface area (Å²) in [5.74, 6) is 0.485. The molecule has 0 spiro atoms. The van der Waals surface area contributed by atoms with E-state index in [-0.39, 0.29) is 0 Å². The van der Waals surface area contributed by atoms with Crippen LogP contribution in [0.25, 0.3) is 0 Å². The number of thiazole rings is 1. The predicted octanol–water partition coefficient (Wildman–Crippen LogP) is 3.81. The average Bonchev–Trinajstić information content (AvgIpc) is 3.06. The molecule has 0 radical (unpaired) electrons. The third kappa shape index (κ3) is 3.35. The fraction of sp³-hybridized carbons (Fsp3) is 0.500. The van der Waals surface area contributed by atoms with Crippen molar-refractivity contribution in [1.29, 1.82) is 0 Å². The van der Waals surface area contributed by atoms with E-state index in [9.17, 15) is 0 Å². The van der Waals surface area contributed by atoms with Crippen LogP contribution in [-0.2, 0) is 13.1 Å². The number of anilines is 1. The second kappa shape index (κ2) is 6.50. The van der Waals surface area contributed by atoms with E-state index < -0.39 is 0 Å². The largest absolute Gasteiger partial charge is 0.346 e. The fourth-order valence-electron chi connectivity index (χ4n) is 1.94. The van der Waals surface area contributed by atoms with Crippen LogP contribution >= 0.6 is 22.7 Å². The summed E-state index contributed by atoms with van der Waals surface area (Å²) < 4.78 is 0. The molecule has 0 aliphatic rings. The van der Waals surface area contributed by atoms with Gasteiger partial charge in [-0.1, -0.05) is 19.9 Å². The minimum atomic E-state index is 0.485. The lowest BCUT2D eigenvalue weighted by molar-refractivity contribution is 0.702. The summed E-state index contributed by atoms with van der Waals surface area (Å²) in [7, 11) is 2.10. The predicted molar refractivity (Wildman–Crippen MR) is 85.1 cm³/mol. The molecule has 0 aliphatic carbocycles. The summed E-state index contributed by atoms with van der Waals surface area (Å²) in [5, 5.41) is 3.19. The molecule has 1 atom stereocenters. The molecule has 1 unspecified atom stereocenters. The maximum Gasteiger partial charge on any atom is 0.185 e. The Hall–Kier alpha value is -0.910. The van der Waals surface area contributed by atoms with Crippen molar-refractivity contribution in [2.24, 2.45) is 5.73 Å². The van der Waals surface area contributed by atoms with E-state index in [1.165, 1.54) is 15.4 Å². The van der Waals surface area contributed by atoms with Gasteiger partial charge >= 0.3 is 0 Å². The van der Waals surface area contributed by atoms with Gasteiger partial charge in [0.15, 0.2) is 5.13 Å². The van der Waals surface area contributed by atoms with E-state index in [1.807, 2.05) is 0 Å². The van der Waals surface area contributed by atoms with Crippen LogP contribution in [0.15, 0.2) is 17.5 Å². The van der Waals surface area contributed by atoms with Gasteiger partial charge in [0.25, 0.3) is 0 Å². The van der Waals surface area contributed by atoms with Crippen molar-refractivity contribution in [3.8, 4) is 0 Å². The van der Waals surface area contributed by atoms with Gasteiger partial charge in [-0.3, -0.25) is 0 Å². The van der Waals surface area contributed by atoms with Gasteiger partial charge < -0.3 is 10.6 Å². The van der Waals surface area contributed by atoms with E-state index >= 15 is 0 Å². The van der Waals surface area contributed by atoms with Crippen LogP contribution in [-0.4, -0.2) is 12.0 Å². The van der Waals surface area contributed by atoms with E-state index in [0.29, 0.717) is 12.5 Å². The molecule has 3 nitrogen and oxygen atoms in total. The summed E-state index contributed by atoms with van der Waals surface area (Å²) in [5.41, 5.74) is 7.03. The molecule has 19 heavy (non-hydrogen) atoms. The lowest BCUT2D eigenvalue weighted by Crippen LogP contribution is -2.15. The average molecular weight is 295 g/mol. The number of hydrogen-bond acceptors (Lipinski definition) is 5. The standard InChI is InChI=1S/C14H21N3S2/c1-4-10(2)13-12(8-15)19-14(16-13)17(3)9-11-6-5-7-18-11/h5-7,10H,4,8-9,15H2,1-3H3. The van der Waals surface area contributed by atoms with Gasteiger partial charge in [-0.25, -0.2) is 4.98 Å². The minimum Gasteiger partial charge on any atom is -0.346 e. The molecular formula is C14H21N3S2. The van der Waals surface area contributed by atoms with Gasteiger partial charge in [-0.15, -0.1) is 22.7 Å². The van der Waals surface area contributed by atoms with Gasteiger partial charge in [-0.05, 0) is 23.8 Å². The van der Waals surface area contributed by atoms with Crippen LogP contribution < -0.4 is 10.6 Å². The van der Waals surface area contributed by atoms with E-state index in [0.717, 1.165) is 18.1 Å². The molecule has 2 aromatic heterocycles. The molecule has 0 aliphatic heterocycles. The molecule has 0 fully saturated rings. The molecule has 2 N–H and O–H groups in total. The van der Waals surface area contributed by atoms with Crippen molar-refractivity contribution in [2.75, 3.05) is 11.9 Å². The Morgan fingerprint density at radius 3 is 2.84 bits per heavy atom. The first-order valence-electron chi connectivity index (χ1n) is 6.58. The lowest BCUT2D eigenvalue weighted by atomic mass is 10.0. The Morgan fingerprint density at radius 1 is 1.47 bits per heavy atom. The number of aromatic nitrogens is 1. The smallest absolute Gasteiger partial charge is 0.185 e. The third-order valence-corrected chi connectivity index (χ3v) is 5.35. The first-order valence-corrected chi connectivity index (χ1v) is 8.28. The molecule has 2 rings (SSSR count). The fourth-order valence-corrected chi connectivity index (χ4v) is 3.72. The highest BCUT2D eigenvalue weighted by atomic mass is 32.1. The molecular weight excluding hydrogens is 274 g/mol. The molecule has 0 saturated carbocycles. The number of rotatable bonds is 6. The van der Waals surface area contributed by atoms with Crippen molar-refractivity contribution in [3.05, 3.63) is 33.0 Å². The number of nitrogens with two attached hydrogens (primary N) is 1. The molecule has 0 bridgehead atoms. The summed E-state index contributed by atoms with van der Waals surface area (Å²) in [6, 6.07) is 4.25. The van der Waals surface area contributed by atoms with Crippen LogP contribution in [0.4, 0.5) is 5.13 Å². The first-order chi connectivity index (χ1) is 9.15. The zero-order valence-electron chi connectivity index (χ0n) is 11.7. The van der Waals surface area contributed by atoms with Crippen molar-refractivity contribution in [3.63, 3.8) is 0 Å². The van der Waals surface area contributed by atoms with Crippen molar-refractivity contribution in [2.45, 2.75) is 39.3 Å². The van der Waals surface area contributed by atoms with Crippen molar-refractivity contribution < 1.29 is 0 Å². The monoisotopic (exact) mass is 295 g/mol. The Labute approximate surface area is 123 Å². The molecule has 0 saturated heterocycles. The van der Waals surface area contributed by atoms with Crippen LogP contribution in [0.3, 0.4) is 0 Å². The van der Waals surface area contributed by atoms with E-state index in [1.54, 1.807) is 22.7 Å². The molecule has 2 aromatic rings. The number of nitrogens with zero attached hydrogens (tertiary/aromatic N) is 2. The van der Waals surface area contributed by atoms with Crippen LogP contribution in [0.5, 0.6) is 0 Å². The Kier molecular flexibility index (Phi) is 4.96. The Morgan fingerprint density at radius 2 is 2.26 bits per heavy atom. The number of thiophene rings is 1. The Bertz CT molecular complexity index is 505. The zero-order valence-corrected chi connectivity index (χ0v) is 13.4. The summed E-state index contributed by atoms with van der Waals surface area (Å²) in [6.07, 6.45) is 1.10. The molecule has 104 valence electrons. The van der Waals surface area contributed by atoms with Gasteiger partial charge in [-0.2, -0.15) is 0 Å². The lowest BCUT2D eigenvalue weighted by Gasteiger charge is -2.14. The Balaban J connectivity index is 2.18. The SMILES string of the molecule is CCC(C)c1nc(N(C)Cc2cccs2)sc1CN. The molecule has 5 heteroatoms. The second-order valence-corrected chi connectivity index (χ2v) is 6.85. The molecule has 0 amide bonds.